The summed E-state index contributed by atoms with van der Waals surface area (Å²) < 4.78 is 0. The SMILES string of the molecule is CCNCCc1csc(C2CCC2)n1. The van der Waals surface area contributed by atoms with Crippen LogP contribution < -0.4 is 5.32 Å². The maximum atomic E-state index is 4.68. The monoisotopic (exact) mass is 210 g/mol. The molecule has 1 fully saturated rings. The van der Waals surface area contributed by atoms with Gasteiger partial charge in [-0.15, -0.1) is 11.3 Å². The minimum Gasteiger partial charge on any atom is -0.317 e. The van der Waals surface area contributed by atoms with Crippen molar-refractivity contribution in [3.05, 3.63) is 16.1 Å². The summed E-state index contributed by atoms with van der Waals surface area (Å²) >= 11 is 1.85. The molecular formula is C11H18N2S. The summed E-state index contributed by atoms with van der Waals surface area (Å²) in [4.78, 5) is 4.68. The van der Waals surface area contributed by atoms with E-state index in [0.29, 0.717) is 0 Å². The Morgan fingerprint density at radius 3 is 3.07 bits per heavy atom. The smallest absolute Gasteiger partial charge is 0.0959 e. The van der Waals surface area contributed by atoms with Crippen LogP contribution in [-0.4, -0.2) is 18.1 Å². The van der Waals surface area contributed by atoms with Crippen LogP contribution in [0.15, 0.2) is 5.38 Å². The van der Waals surface area contributed by atoms with E-state index in [2.05, 4.69) is 22.6 Å². The second-order valence-electron chi connectivity index (χ2n) is 3.91. The number of rotatable bonds is 5. The maximum Gasteiger partial charge on any atom is 0.0959 e. The lowest BCUT2D eigenvalue weighted by molar-refractivity contribution is 0.417. The largest absolute Gasteiger partial charge is 0.317 e. The van der Waals surface area contributed by atoms with Crippen LogP contribution in [0.4, 0.5) is 0 Å². The lowest BCUT2D eigenvalue weighted by atomic mass is 9.86. The number of likely N-dealkylation sites (N-methyl/N-ethyl adjacent to an activating group) is 1. The molecule has 0 spiro atoms. The highest BCUT2D eigenvalue weighted by Gasteiger charge is 2.22. The normalized spacial score (nSPS) is 16.9. The van der Waals surface area contributed by atoms with Gasteiger partial charge in [-0.25, -0.2) is 4.98 Å². The Morgan fingerprint density at radius 1 is 1.57 bits per heavy atom. The highest BCUT2D eigenvalue weighted by Crippen LogP contribution is 2.37. The van der Waals surface area contributed by atoms with Gasteiger partial charge in [0.2, 0.25) is 0 Å². The molecule has 78 valence electrons. The first kappa shape index (κ1) is 10.1. The molecule has 0 unspecified atom stereocenters. The Hall–Kier alpha value is -0.410. The zero-order valence-electron chi connectivity index (χ0n) is 8.75. The summed E-state index contributed by atoms with van der Waals surface area (Å²) in [6.07, 6.45) is 5.20. The van der Waals surface area contributed by atoms with Gasteiger partial charge in [-0.3, -0.25) is 0 Å². The Bertz CT molecular complexity index is 279. The molecular weight excluding hydrogens is 192 g/mol. The van der Waals surface area contributed by atoms with Gasteiger partial charge < -0.3 is 5.32 Å². The molecule has 2 nitrogen and oxygen atoms in total. The lowest BCUT2D eigenvalue weighted by Crippen LogP contribution is -2.16. The average molecular weight is 210 g/mol. The molecule has 1 aliphatic rings. The Balaban J connectivity index is 1.83. The van der Waals surface area contributed by atoms with Gasteiger partial charge in [0.05, 0.1) is 10.7 Å². The third kappa shape index (κ3) is 2.34. The van der Waals surface area contributed by atoms with Crippen LogP contribution in [0.25, 0.3) is 0 Å². The molecule has 0 atom stereocenters. The summed E-state index contributed by atoms with van der Waals surface area (Å²) in [5, 5.41) is 6.93. The molecule has 1 saturated carbocycles. The maximum absolute atomic E-state index is 4.68. The standard InChI is InChI=1S/C11H18N2S/c1-2-12-7-6-10-8-14-11(13-10)9-4-3-5-9/h8-9,12H,2-7H2,1H3. The van der Waals surface area contributed by atoms with Gasteiger partial charge in [-0.05, 0) is 19.4 Å². The molecule has 0 radical (unpaired) electrons. The number of hydrogen-bond donors (Lipinski definition) is 1. The van der Waals surface area contributed by atoms with Gasteiger partial charge in [-0.1, -0.05) is 13.3 Å². The summed E-state index contributed by atoms with van der Waals surface area (Å²) in [7, 11) is 0. The number of thiazole rings is 1. The highest BCUT2D eigenvalue weighted by atomic mass is 32.1. The highest BCUT2D eigenvalue weighted by molar-refractivity contribution is 7.09. The number of hydrogen-bond acceptors (Lipinski definition) is 3. The third-order valence-electron chi connectivity index (χ3n) is 2.83. The predicted molar refractivity (Wildman–Crippen MR) is 61.0 cm³/mol. The molecule has 3 heteroatoms. The molecule has 2 rings (SSSR count). The molecule has 0 amide bonds. The van der Waals surface area contributed by atoms with Crippen LogP contribution in [0, 0.1) is 0 Å². The van der Waals surface area contributed by atoms with Crippen LogP contribution in [0.2, 0.25) is 0 Å². The van der Waals surface area contributed by atoms with E-state index in [0.717, 1.165) is 25.4 Å². The van der Waals surface area contributed by atoms with Crippen molar-refractivity contribution in [2.24, 2.45) is 0 Å². The zero-order valence-corrected chi connectivity index (χ0v) is 9.57. The summed E-state index contributed by atoms with van der Waals surface area (Å²) in [6, 6.07) is 0. The van der Waals surface area contributed by atoms with Gasteiger partial charge in [0.1, 0.15) is 0 Å². The van der Waals surface area contributed by atoms with Crippen LogP contribution in [0.5, 0.6) is 0 Å². The van der Waals surface area contributed by atoms with Gasteiger partial charge in [0.25, 0.3) is 0 Å². The van der Waals surface area contributed by atoms with E-state index in [1.807, 2.05) is 11.3 Å². The average Bonchev–Trinajstić information content (AvgIpc) is 2.51. The zero-order chi connectivity index (χ0) is 9.80. The second-order valence-corrected chi connectivity index (χ2v) is 4.80. The van der Waals surface area contributed by atoms with Gasteiger partial charge in [-0.2, -0.15) is 0 Å². The number of aromatic nitrogens is 1. The van der Waals surface area contributed by atoms with Crippen LogP contribution >= 0.6 is 11.3 Å². The molecule has 14 heavy (non-hydrogen) atoms. The van der Waals surface area contributed by atoms with E-state index in [1.165, 1.54) is 30.0 Å². The van der Waals surface area contributed by atoms with Crippen molar-refractivity contribution < 1.29 is 0 Å². The molecule has 0 saturated heterocycles. The molecule has 1 aromatic heterocycles. The van der Waals surface area contributed by atoms with E-state index < -0.39 is 0 Å². The van der Waals surface area contributed by atoms with E-state index >= 15 is 0 Å². The first-order chi connectivity index (χ1) is 6.90. The molecule has 0 aromatic carbocycles. The Kier molecular flexibility index (Phi) is 3.54. The Morgan fingerprint density at radius 2 is 2.43 bits per heavy atom. The fourth-order valence-corrected chi connectivity index (χ4v) is 2.70. The molecule has 0 bridgehead atoms. The summed E-state index contributed by atoms with van der Waals surface area (Å²) in [5.74, 6) is 0.799. The molecule has 1 heterocycles. The van der Waals surface area contributed by atoms with Gasteiger partial charge in [0, 0.05) is 24.3 Å². The fraction of sp³-hybridized carbons (Fsp3) is 0.727. The third-order valence-corrected chi connectivity index (χ3v) is 3.89. The summed E-state index contributed by atoms with van der Waals surface area (Å²) in [5.41, 5.74) is 1.28. The van der Waals surface area contributed by atoms with Crippen molar-refractivity contribution in [1.29, 1.82) is 0 Å². The topological polar surface area (TPSA) is 24.9 Å². The number of nitrogens with zero attached hydrogens (tertiary/aromatic N) is 1. The van der Waals surface area contributed by atoms with E-state index in [1.54, 1.807) is 0 Å². The van der Waals surface area contributed by atoms with Crippen molar-refractivity contribution in [2.45, 2.75) is 38.5 Å². The van der Waals surface area contributed by atoms with Crippen molar-refractivity contribution in [1.82, 2.24) is 10.3 Å². The molecule has 0 aliphatic heterocycles. The van der Waals surface area contributed by atoms with Crippen LogP contribution in [-0.2, 0) is 6.42 Å². The Labute approximate surface area is 89.8 Å². The first-order valence-corrected chi connectivity index (χ1v) is 6.43. The van der Waals surface area contributed by atoms with Gasteiger partial charge >= 0.3 is 0 Å². The van der Waals surface area contributed by atoms with Crippen LogP contribution in [0.3, 0.4) is 0 Å². The van der Waals surface area contributed by atoms with Crippen molar-refractivity contribution in [2.75, 3.05) is 13.1 Å². The van der Waals surface area contributed by atoms with Crippen molar-refractivity contribution in [3.63, 3.8) is 0 Å². The van der Waals surface area contributed by atoms with E-state index in [-0.39, 0.29) is 0 Å². The molecule has 1 N–H and O–H groups in total. The van der Waals surface area contributed by atoms with Crippen molar-refractivity contribution in [3.8, 4) is 0 Å². The second kappa shape index (κ2) is 4.89. The van der Waals surface area contributed by atoms with Gasteiger partial charge in [0.15, 0.2) is 0 Å². The predicted octanol–water partition coefficient (Wildman–Crippen LogP) is 2.56. The van der Waals surface area contributed by atoms with E-state index in [4.69, 9.17) is 0 Å². The van der Waals surface area contributed by atoms with Crippen molar-refractivity contribution >= 4 is 11.3 Å². The fourth-order valence-electron chi connectivity index (χ4n) is 1.67. The first-order valence-electron chi connectivity index (χ1n) is 5.55. The minimum atomic E-state index is 0.799. The minimum absolute atomic E-state index is 0.799. The number of nitrogens with one attached hydrogen (secondary N) is 1. The van der Waals surface area contributed by atoms with E-state index in [9.17, 15) is 0 Å². The van der Waals surface area contributed by atoms with Crippen LogP contribution in [0.1, 0.15) is 42.8 Å². The molecule has 1 aliphatic carbocycles. The summed E-state index contributed by atoms with van der Waals surface area (Å²) in [6.45, 7) is 4.25. The molecule has 1 aromatic rings. The quantitative estimate of drug-likeness (QED) is 0.756. The lowest BCUT2D eigenvalue weighted by Gasteiger charge is -2.22.